The zero-order valence-electron chi connectivity index (χ0n) is 12.9. The van der Waals surface area contributed by atoms with E-state index < -0.39 is 0 Å². The number of nitrogens with one attached hydrogen (secondary N) is 1. The van der Waals surface area contributed by atoms with E-state index in [0.717, 1.165) is 48.5 Å². The Balaban J connectivity index is 1.50. The fraction of sp³-hybridized carbons (Fsp3) is 0.278. The molecule has 1 heterocycles. The number of fused-ring (bicyclic) bond motifs is 1. The molecular formula is C18H22N4. The minimum atomic E-state index is 0.815. The summed E-state index contributed by atoms with van der Waals surface area (Å²) >= 11 is 0. The Labute approximate surface area is 131 Å². The Morgan fingerprint density at radius 1 is 1.09 bits per heavy atom. The molecule has 0 spiro atoms. The van der Waals surface area contributed by atoms with Crippen molar-refractivity contribution in [1.82, 2.24) is 14.9 Å². The highest BCUT2D eigenvalue weighted by molar-refractivity contribution is 5.75. The molecule has 3 rings (SSSR count). The summed E-state index contributed by atoms with van der Waals surface area (Å²) in [6.07, 6.45) is 2.03. The van der Waals surface area contributed by atoms with Crippen molar-refractivity contribution in [3.63, 3.8) is 0 Å². The molecule has 1 aromatic heterocycles. The molecule has 114 valence electrons. The van der Waals surface area contributed by atoms with Gasteiger partial charge in [0.05, 0.1) is 11.0 Å². The summed E-state index contributed by atoms with van der Waals surface area (Å²) in [5.41, 5.74) is 10.2. The Hall–Kier alpha value is -2.33. The smallest absolute Gasteiger partial charge is 0.109 e. The number of hydrogen-bond acceptors (Lipinski definition) is 3. The number of nitrogens with two attached hydrogens (primary N) is 1. The fourth-order valence-corrected chi connectivity index (χ4v) is 2.71. The van der Waals surface area contributed by atoms with Gasteiger partial charge in [0, 0.05) is 25.7 Å². The van der Waals surface area contributed by atoms with Gasteiger partial charge in [-0.25, -0.2) is 4.98 Å². The second kappa shape index (κ2) is 6.62. The largest absolute Gasteiger partial charge is 0.398 e. The van der Waals surface area contributed by atoms with E-state index >= 15 is 0 Å². The SMILES string of the molecule is Cn1c(CCCNCc2ccccc2N)nc2ccccc21. The quantitative estimate of drug-likeness (QED) is 0.543. The van der Waals surface area contributed by atoms with Gasteiger partial charge in [0.1, 0.15) is 5.82 Å². The molecule has 0 saturated carbocycles. The van der Waals surface area contributed by atoms with Crippen molar-refractivity contribution in [1.29, 1.82) is 0 Å². The van der Waals surface area contributed by atoms with Crippen molar-refractivity contribution in [3.05, 3.63) is 59.9 Å². The molecular weight excluding hydrogens is 272 g/mol. The molecule has 4 heteroatoms. The number of nitrogen functional groups attached to an aromatic ring is 1. The molecule has 0 saturated heterocycles. The lowest BCUT2D eigenvalue weighted by Crippen LogP contribution is -2.16. The number of nitrogens with zero attached hydrogens (tertiary/aromatic N) is 2. The first kappa shape index (κ1) is 14.6. The Bertz CT molecular complexity index is 761. The highest BCUT2D eigenvalue weighted by Gasteiger charge is 2.06. The molecule has 3 N–H and O–H groups in total. The standard InChI is InChI=1S/C18H22N4/c1-22-17-10-5-4-9-16(17)21-18(22)11-6-12-20-13-14-7-2-3-8-15(14)19/h2-5,7-10,20H,6,11-13,19H2,1H3. The van der Waals surface area contributed by atoms with Crippen LogP contribution in [0.4, 0.5) is 5.69 Å². The van der Waals surface area contributed by atoms with E-state index in [9.17, 15) is 0 Å². The molecule has 0 fully saturated rings. The van der Waals surface area contributed by atoms with Gasteiger partial charge in [0.25, 0.3) is 0 Å². The summed E-state index contributed by atoms with van der Waals surface area (Å²) < 4.78 is 2.19. The summed E-state index contributed by atoms with van der Waals surface area (Å²) in [6.45, 7) is 1.77. The minimum absolute atomic E-state index is 0.815. The van der Waals surface area contributed by atoms with E-state index in [1.165, 1.54) is 5.52 Å². The van der Waals surface area contributed by atoms with Crippen LogP contribution >= 0.6 is 0 Å². The molecule has 0 radical (unpaired) electrons. The molecule has 3 aromatic rings. The average Bonchev–Trinajstić information content (AvgIpc) is 2.86. The third-order valence-corrected chi connectivity index (χ3v) is 4.00. The van der Waals surface area contributed by atoms with E-state index in [1.54, 1.807) is 0 Å². The predicted molar refractivity (Wildman–Crippen MR) is 91.6 cm³/mol. The van der Waals surface area contributed by atoms with Gasteiger partial charge in [-0.2, -0.15) is 0 Å². The first-order valence-corrected chi connectivity index (χ1v) is 7.70. The molecule has 0 aliphatic heterocycles. The number of benzene rings is 2. The normalized spacial score (nSPS) is 11.1. The van der Waals surface area contributed by atoms with Crippen LogP contribution in [-0.4, -0.2) is 16.1 Å². The molecule has 0 aliphatic rings. The van der Waals surface area contributed by atoms with Gasteiger partial charge in [0.2, 0.25) is 0 Å². The summed E-state index contributed by atoms with van der Waals surface area (Å²) in [7, 11) is 2.09. The number of hydrogen-bond donors (Lipinski definition) is 2. The zero-order valence-corrected chi connectivity index (χ0v) is 12.9. The summed E-state index contributed by atoms with van der Waals surface area (Å²) in [4.78, 5) is 4.70. The summed E-state index contributed by atoms with van der Waals surface area (Å²) in [5.74, 6) is 1.14. The number of aromatic nitrogens is 2. The summed E-state index contributed by atoms with van der Waals surface area (Å²) in [5, 5.41) is 3.45. The third kappa shape index (κ3) is 3.12. The van der Waals surface area contributed by atoms with Crippen molar-refractivity contribution in [2.75, 3.05) is 12.3 Å². The number of para-hydroxylation sites is 3. The topological polar surface area (TPSA) is 55.9 Å². The molecule has 0 aliphatic carbocycles. The molecule has 0 atom stereocenters. The van der Waals surface area contributed by atoms with Crippen molar-refractivity contribution >= 4 is 16.7 Å². The van der Waals surface area contributed by atoms with Crippen LogP contribution in [0.25, 0.3) is 11.0 Å². The van der Waals surface area contributed by atoms with Crippen LogP contribution in [-0.2, 0) is 20.0 Å². The number of rotatable bonds is 6. The van der Waals surface area contributed by atoms with Crippen molar-refractivity contribution in [3.8, 4) is 0 Å². The van der Waals surface area contributed by atoms with Crippen LogP contribution in [0.5, 0.6) is 0 Å². The zero-order chi connectivity index (χ0) is 15.4. The van der Waals surface area contributed by atoms with E-state index in [0.29, 0.717) is 0 Å². The lowest BCUT2D eigenvalue weighted by molar-refractivity contribution is 0.631. The Morgan fingerprint density at radius 3 is 2.68 bits per heavy atom. The number of anilines is 1. The minimum Gasteiger partial charge on any atom is -0.398 e. The first-order chi connectivity index (χ1) is 10.8. The van der Waals surface area contributed by atoms with Gasteiger partial charge < -0.3 is 15.6 Å². The maximum absolute atomic E-state index is 5.94. The van der Waals surface area contributed by atoms with Gasteiger partial charge in [-0.15, -0.1) is 0 Å². The molecule has 22 heavy (non-hydrogen) atoms. The molecule has 0 unspecified atom stereocenters. The van der Waals surface area contributed by atoms with Gasteiger partial charge >= 0.3 is 0 Å². The maximum atomic E-state index is 5.94. The number of aryl methyl sites for hydroxylation is 2. The van der Waals surface area contributed by atoms with Crippen molar-refractivity contribution in [2.24, 2.45) is 7.05 Å². The molecule has 2 aromatic carbocycles. The van der Waals surface area contributed by atoms with E-state index in [4.69, 9.17) is 10.7 Å². The van der Waals surface area contributed by atoms with E-state index in [-0.39, 0.29) is 0 Å². The lowest BCUT2D eigenvalue weighted by atomic mass is 10.2. The van der Waals surface area contributed by atoms with E-state index in [1.807, 2.05) is 24.3 Å². The van der Waals surface area contributed by atoms with Crippen molar-refractivity contribution < 1.29 is 0 Å². The van der Waals surface area contributed by atoms with Crippen LogP contribution in [0, 0.1) is 0 Å². The molecule has 4 nitrogen and oxygen atoms in total. The van der Waals surface area contributed by atoms with Gasteiger partial charge in [-0.1, -0.05) is 30.3 Å². The Morgan fingerprint density at radius 2 is 1.86 bits per heavy atom. The van der Waals surface area contributed by atoms with Gasteiger partial charge in [-0.05, 0) is 36.7 Å². The van der Waals surface area contributed by atoms with Crippen LogP contribution < -0.4 is 11.1 Å². The lowest BCUT2D eigenvalue weighted by Gasteiger charge is -2.07. The molecule has 0 amide bonds. The van der Waals surface area contributed by atoms with Crippen LogP contribution in [0.3, 0.4) is 0 Å². The van der Waals surface area contributed by atoms with Gasteiger partial charge in [-0.3, -0.25) is 0 Å². The van der Waals surface area contributed by atoms with Crippen LogP contribution in [0.15, 0.2) is 48.5 Å². The average molecular weight is 294 g/mol. The number of imidazole rings is 1. The second-order valence-electron chi connectivity index (χ2n) is 5.55. The Kier molecular flexibility index (Phi) is 4.39. The van der Waals surface area contributed by atoms with E-state index in [2.05, 4.69) is 41.2 Å². The fourth-order valence-electron chi connectivity index (χ4n) is 2.71. The monoisotopic (exact) mass is 294 g/mol. The summed E-state index contributed by atoms with van der Waals surface area (Å²) in [6, 6.07) is 16.3. The third-order valence-electron chi connectivity index (χ3n) is 4.00. The second-order valence-corrected chi connectivity index (χ2v) is 5.55. The van der Waals surface area contributed by atoms with Gasteiger partial charge in [0.15, 0.2) is 0 Å². The molecule has 0 bridgehead atoms. The highest BCUT2D eigenvalue weighted by Crippen LogP contribution is 2.15. The van der Waals surface area contributed by atoms with Crippen molar-refractivity contribution in [2.45, 2.75) is 19.4 Å². The van der Waals surface area contributed by atoms with Crippen LogP contribution in [0.1, 0.15) is 17.8 Å². The first-order valence-electron chi connectivity index (χ1n) is 7.70. The maximum Gasteiger partial charge on any atom is 0.109 e. The predicted octanol–water partition coefficient (Wildman–Crippen LogP) is 2.88. The van der Waals surface area contributed by atoms with Crippen LogP contribution in [0.2, 0.25) is 0 Å². The highest BCUT2D eigenvalue weighted by atomic mass is 15.1.